The zero-order valence-electron chi connectivity index (χ0n) is 10.8. The van der Waals surface area contributed by atoms with Gasteiger partial charge in [0.25, 0.3) is 0 Å². The summed E-state index contributed by atoms with van der Waals surface area (Å²) in [4.78, 5) is 0. The third kappa shape index (κ3) is 2.30. The Morgan fingerprint density at radius 1 is 1.28 bits per heavy atom. The lowest BCUT2D eigenvalue weighted by Gasteiger charge is -2.40. The molecule has 0 aromatic carbocycles. The standard InChI is InChI=1S/C13H20N2O3/c1-15-10-11(9-14-15)8-12(16)2-4-13(5-3-12)17-6-7-18-13/h9-10,16H,2-8H2,1H3. The van der Waals surface area contributed by atoms with Crippen LogP contribution in [-0.2, 0) is 22.9 Å². The van der Waals surface area contributed by atoms with Crippen LogP contribution in [0.3, 0.4) is 0 Å². The summed E-state index contributed by atoms with van der Waals surface area (Å²) in [5.74, 6) is -0.402. The highest BCUT2D eigenvalue weighted by atomic mass is 16.7. The molecule has 0 bridgehead atoms. The number of rotatable bonds is 2. The lowest BCUT2D eigenvalue weighted by atomic mass is 9.78. The zero-order valence-corrected chi connectivity index (χ0v) is 10.8. The Bertz CT molecular complexity index is 414. The smallest absolute Gasteiger partial charge is 0.168 e. The number of aromatic nitrogens is 2. The molecule has 2 aliphatic rings. The van der Waals surface area contributed by atoms with E-state index in [9.17, 15) is 5.11 Å². The fourth-order valence-electron chi connectivity index (χ4n) is 3.00. The maximum Gasteiger partial charge on any atom is 0.168 e. The molecule has 1 aromatic rings. The summed E-state index contributed by atoms with van der Waals surface area (Å²) in [6, 6.07) is 0. The third-order valence-electron chi connectivity index (χ3n) is 4.05. The second kappa shape index (κ2) is 4.33. The van der Waals surface area contributed by atoms with Crippen LogP contribution in [0.4, 0.5) is 0 Å². The van der Waals surface area contributed by atoms with Gasteiger partial charge in [0, 0.05) is 32.5 Å². The van der Waals surface area contributed by atoms with Crippen molar-refractivity contribution in [2.45, 2.75) is 43.5 Å². The van der Waals surface area contributed by atoms with Gasteiger partial charge in [-0.2, -0.15) is 5.10 Å². The van der Waals surface area contributed by atoms with E-state index in [1.54, 1.807) is 4.68 Å². The summed E-state index contributed by atoms with van der Waals surface area (Å²) in [5, 5.41) is 14.8. The van der Waals surface area contributed by atoms with E-state index in [2.05, 4.69) is 5.10 Å². The SMILES string of the molecule is Cn1cc(CC2(O)CCC3(CC2)OCCO3)cn1. The molecule has 18 heavy (non-hydrogen) atoms. The van der Waals surface area contributed by atoms with Gasteiger partial charge < -0.3 is 14.6 Å². The molecule has 1 N–H and O–H groups in total. The Hall–Kier alpha value is -0.910. The monoisotopic (exact) mass is 252 g/mol. The second-order valence-corrected chi connectivity index (χ2v) is 5.53. The molecular formula is C13H20N2O3. The van der Waals surface area contributed by atoms with Crippen molar-refractivity contribution < 1.29 is 14.6 Å². The second-order valence-electron chi connectivity index (χ2n) is 5.53. The summed E-state index contributed by atoms with van der Waals surface area (Å²) in [6.07, 6.45) is 7.46. The van der Waals surface area contributed by atoms with Crippen molar-refractivity contribution in [1.29, 1.82) is 0 Å². The van der Waals surface area contributed by atoms with Gasteiger partial charge in [-0.15, -0.1) is 0 Å². The van der Waals surface area contributed by atoms with Crippen molar-refractivity contribution in [2.75, 3.05) is 13.2 Å². The van der Waals surface area contributed by atoms with Gasteiger partial charge >= 0.3 is 0 Å². The van der Waals surface area contributed by atoms with E-state index in [4.69, 9.17) is 9.47 Å². The van der Waals surface area contributed by atoms with Gasteiger partial charge in [0.1, 0.15) is 0 Å². The minimum atomic E-state index is -0.635. The van der Waals surface area contributed by atoms with Gasteiger partial charge in [0.05, 0.1) is 25.0 Å². The van der Waals surface area contributed by atoms with Crippen LogP contribution >= 0.6 is 0 Å². The van der Waals surface area contributed by atoms with Crippen LogP contribution in [0.15, 0.2) is 12.4 Å². The van der Waals surface area contributed by atoms with Gasteiger partial charge in [-0.05, 0) is 18.4 Å². The average Bonchev–Trinajstić information content (AvgIpc) is 2.94. The van der Waals surface area contributed by atoms with E-state index < -0.39 is 11.4 Å². The van der Waals surface area contributed by atoms with Gasteiger partial charge in [-0.25, -0.2) is 0 Å². The summed E-state index contributed by atoms with van der Waals surface area (Å²) in [6.45, 7) is 1.36. The minimum Gasteiger partial charge on any atom is -0.390 e. The van der Waals surface area contributed by atoms with Crippen molar-refractivity contribution in [3.8, 4) is 0 Å². The summed E-state index contributed by atoms with van der Waals surface area (Å²) < 4.78 is 13.1. The van der Waals surface area contributed by atoms with Crippen LogP contribution in [0.25, 0.3) is 0 Å². The first-order valence-electron chi connectivity index (χ1n) is 6.57. The molecule has 2 heterocycles. The predicted octanol–water partition coefficient (Wildman–Crippen LogP) is 1.01. The van der Waals surface area contributed by atoms with E-state index in [0.717, 1.165) is 31.2 Å². The van der Waals surface area contributed by atoms with Crippen LogP contribution in [0.2, 0.25) is 0 Å². The van der Waals surface area contributed by atoms with E-state index >= 15 is 0 Å². The summed E-state index contributed by atoms with van der Waals surface area (Å²) in [7, 11) is 1.89. The highest BCUT2D eigenvalue weighted by Crippen LogP contribution is 2.41. The van der Waals surface area contributed by atoms with Crippen molar-refractivity contribution in [3.05, 3.63) is 18.0 Å². The first-order chi connectivity index (χ1) is 8.59. The molecule has 0 unspecified atom stereocenters. The Morgan fingerprint density at radius 3 is 2.50 bits per heavy atom. The maximum atomic E-state index is 10.6. The lowest BCUT2D eigenvalue weighted by molar-refractivity contribution is -0.202. The predicted molar refractivity (Wildman–Crippen MR) is 65.0 cm³/mol. The van der Waals surface area contributed by atoms with Gasteiger partial charge in [0.15, 0.2) is 5.79 Å². The number of hydrogen-bond acceptors (Lipinski definition) is 4. The fraction of sp³-hybridized carbons (Fsp3) is 0.769. The molecule has 0 atom stereocenters. The topological polar surface area (TPSA) is 56.5 Å². The zero-order chi connectivity index (χ0) is 12.6. The molecule has 1 saturated heterocycles. The van der Waals surface area contributed by atoms with Crippen molar-refractivity contribution in [1.82, 2.24) is 9.78 Å². The normalized spacial score (nSPS) is 25.7. The van der Waals surface area contributed by atoms with Crippen LogP contribution in [0.5, 0.6) is 0 Å². The number of nitrogens with zero attached hydrogens (tertiary/aromatic N) is 2. The number of aryl methyl sites for hydroxylation is 1. The molecule has 1 saturated carbocycles. The van der Waals surface area contributed by atoms with E-state index in [-0.39, 0.29) is 0 Å². The quantitative estimate of drug-likeness (QED) is 0.853. The molecule has 0 amide bonds. The molecule has 5 heteroatoms. The lowest BCUT2D eigenvalue weighted by Crippen LogP contribution is -2.44. The maximum absolute atomic E-state index is 10.6. The van der Waals surface area contributed by atoms with Crippen molar-refractivity contribution in [3.63, 3.8) is 0 Å². The van der Waals surface area contributed by atoms with Crippen molar-refractivity contribution in [2.24, 2.45) is 7.05 Å². The largest absolute Gasteiger partial charge is 0.390 e. The Kier molecular flexibility index (Phi) is 2.92. The minimum absolute atomic E-state index is 0.402. The van der Waals surface area contributed by atoms with Crippen LogP contribution in [0, 0.1) is 0 Å². The van der Waals surface area contributed by atoms with Gasteiger partial charge in [-0.1, -0.05) is 0 Å². The molecule has 1 aliphatic heterocycles. The Balaban J connectivity index is 1.63. The van der Waals surface area contributed by atoms with Gasteiger partial charge in [0.2, 0.25) is 0 Å². The van der Waals surface area contributed by atoms with E-state index in [0.29, 0.717) is 19.6 Å². The first-order valence-corrected chi connectivity index (χ1v) is 6.57. The summed E-state index contributed by atoms with van der Waals surface area (Å²) in [5.41, 5.74) is 0.452. The highest BCUT2D eigenvalue weighted by molar-refractivity contribution is 5.09. The molecule has 0 radical (unpaired) electrons. The molecular weight excluding hydrogens is 232 g/mol. The van der Waals surface area contributed by atoms with E-state index in [1.807, 2.05) is 19.4 Å². The number of ether oxygens (including phenoxy) is 2. The molecule has 3 rings (SSSR count). The van der Waals surface area contributed by atoms with E-state index in [1.165, 1.54) is 0 Å². The van der Waals surface area contributed by atoms with Crippen LogP contribution in [-0.4, -0.2) is 39.5 Å². The van der Waals surface area contributed by atoms with Gasteiger partial charge in [-0.3, -0.25) is 4.68 Å². The number of aliphatic hydroxyl groups is 1. The highest BCUT2D eigenvalue weighted by Gasteiger charge is 2.45. The Morgan fingerprint density at radius 2 is 1.94 bits per heavy atom. The molecule has 5 nitrogen and oxygen atoms in total. The van der Waals surface area contributed by atoms with Crippen LogP contribution < -0.4 is 0 Å². The van der Waals surface area contributed by atoms with Crippen molar-refractivity contribution >= 4 is 0 Å². The third-order valence-corrected chi connectivity index (χ3v) is 4.05. The Labute approximate surface area is 107 Å². The average molecular weight is 252 g/mol. The fourth-order valence-corrected chi connectivity index (χ4v) is 3.00. The van der Waals surface area contributed by atoms with Crippen LogP contribution in [0.1, 0.15) is 31.2 Å². The molecule has 2 fully saturated rings. The molecule has 1 aromatic heterocycles. The molecule has 1 aliphatic carbocycles. The molecule has 100 valence electrons. The molecule has 1 spiro atoms. The first kappa shape index (κ1) is 12.1. The number of hydrogen-bond donors (Lipinski definition) is 1. The summed E-state index contributed by atoms with van der Waals surface area (Å²) >= 11 is 0.